The Balaban J connectivity index is 1.67. The summed E-state index contributed by atoms with van der Waals surface area (Å²) in [6.07, 6.45) is 0.765. The number of pyridine rings is 1. The summed E-state index contributed by atoms with van der Waals surface area (Å²) in [6.45, 7) is 0. The monoisotopic (exact) mass is 326 g/mol. The van der Waals surface area contributed by atoms with Crippen LogP contribution in [0.2, 0.25) is 0 Å². The van der Waals surface area contributed by atoms with Crippen LogP contribution in [0, 0.1) is 0 Å². The van der Waals surface area contributed by atoms with E-state index in [1.807, 2.05) is 35.7 Å². The summed E-state index contributed by atoms with van der Waals surface area (Å²) >= 11 is 1.51. The van der Waals surface area contributed by atoms with Gasteiger partial charge < -0.3 is 15.8 Å². The zero-order valence-electron chi connectivity index (χ0n) is 12.8. The van der Waals surface area contributed by atoms with Crippen molar-refractivity contribution >= 4 is 22.3 Å². The van der Waals surface area contributed by atoms with Crippen LogP contribution >= 0.6 is 11.3 Å². The summed E-state index contributed by atoms with van der Waals surface area (Å²) in [5, 5.41) is 5.93. The lowest BCUT2D eigenvalue weighted by Gasteiger charge is -2.08. The molecule has 0 amide bonds. The Kier molecular flexibility index (Phi) is 4.85. The van der Waals surface area contributed by atoms with E-state index in [2.05, 4.69) is 27.4 Å². The van der Waals surface area contributed by atoms with E-state index in [1.165, 1.54) is 16.9 Å². The smallest absolute Gasteiger partial charge is 0.214 e. The standard InChI is InChI=1S/C17H18N4OS/c1-22-16-9-5-8-15(20-16)21-17-19-14(11-23-17)13(18)10-12-6-3-2-4-7-12/h2-9,11,13H,10,18H2,1H3,(H,19,20,21). The molecule has 3 N–H and O–H groups in total. The first kappa shape index (κ1) is 15.5. The molecule has 0 saturated heterocycles. The van der Waals surface area contributed by atoms with E-state index in [1.54, 1.807) is 13.2 Å². The lowest BCUT2D eigenvalue weighted by Crippen LogP contribution is -2.13. The average molecular weight is 326 g/mol. The molecule has 1 unspecified atom stereocenters. The van der Waals surface area contributed by atoms with E-state index in [9.17, 15) is 0 Å². The number of rotatable bonds is 6. The molecule has 1 aromatic carbocycles. The zero-order valence-corrected chi connectivity index (χ0v) is 13.6. The van der Waals surface area contributed by atoms with Crippen LogP contribution in [-0.2, 0) is 6.42 Å². The van der Waals surface area contributed by atoms with Gasteiger partial charge in [-0.3, -0.25) is 0 Å². The van der Waals surface area contributed by atoms with E-state index in [0.717, 1.165) is 17.2 Å². The van der Waals surface area contributed by atoms with Crippen molar-refractivity contribution in [1.29, 1.82) is 0 Å². The van der Waals surface area contributed by atoms with Crippen LogP contribution in [0.4, 0.5) is 10.9 Å². The molecule has 2 aromatic heterocycles. The number of hydrogen-bond donors (Lipinski definition) is 2. The lowest BCUT2D eigenvalue weighted by atomic mass is 10.1. The molecule has 0 aliphatic rings. The van der Waals surface area contributed by atoms with Crippen LogP contribution in [0.5, 0.6) is 5.88 Å². The molecule has 1 atom stereocenters. The van der Waals surface area contributed by atoms with Gasteiger partial charge in [-0.05, 0) is 18.1 Å². The van der Waals surface area contributed by atoms with Crippen molar-refractivity contribution in [2.75, 3.05) is 12.4 Å². The molecule has 2 heterocycles. The second kappa shape index (κ2) is 7.21. The summed E-state index contributed by atoms with van der Waals surface area (Å²) in [5.74, 6) is 1.26. The molecular formula is C17H18N4OS. The molecular weight excluding hydrogens is 308 g/mol. The summed E-state index contributed by atoms with van der Waals surface area (Å²) in [4.78, 5) is 8.87. The fourth-order valence-electron chi connectivity index (χ4n) is 2.19. The van der Waals surface area contributed by atoms with Crippen LogP contribution < -0.4 is 15.8 Å². The molecule has 5 nitrogen and oxygen atoms in total. The number of hydrogen-bond acceptors (Lipinski definition) is 6. The second-order valence-electron chi connectivity index (χ2n) is 5.06. The maximum absolute atomic E-state index is 6.26. The molecule has 0 saturated carbocycles. The van der Waals surface area contributed by atoms with Crippen molar-refractivity contribution in [2.45, 2.75) is 12.5 Å². The first-order valence-corrected chi connectivity index (χ1v) is 8.15. The molecule has 118 valence electrons. The van der Waals surface area contributed by atoms with Gasteiger partial charge in [0, 0.05) is 11.4 Å². The van der Waals surface area contributed by atoms with Crippen LogP contribution in [0.25, 0.3) is 0 Å². The van der Waals surface area contributed by atoms with Crippen LogP contribution in [0.1, 0.15) is 17.3 Å². The molecule has 6 heteroatoms. The van der Waals surface area contributed by atoms with Crippen molar-refractivity contribution in [2.24, 2.45) is 5.73 Å². The zero-order chi connectivity index (χ0) is 16.1. The third kappa shape index (κ3) is 4.06. The van der Waals surface area contributed by atoms with Gasteiger partial charge in [-0.2, -0.15) is 4.98 Å². The maximum atomic E-state index is 6.26. The first-order chi connectivity index (χ1) is 11.2. The summed E-state index contributed by atoms with van der Waals surface area (Å²) < 4.78 is 5.11. The first-order valence-electron chi connectivity index (χ1n) is 7.27. The van der Waals surface area contributed by atoms with Gasteiger partial charge >= 0.3 is 0 Å². The topological polar surface area (TPSA) is 73.1 Å². The van der Waals surface area contributed by atoms with E-state index < -0.39 is 0 Å². The van der Waals surface area contributed by atoms with E-state index in [-0.39, 0.29) is 6.04 Å². The SMILES string of the molecule is COc1cccc(Nc2nc(C(N)Cc3ccccc3)cs2)n1. The number of ether oxygens (including phenoxy) is 1. The predicted octanol–water partition coefficient (Wildman–Crippen LogP) is 3.53. The molecule has 0 aliphatic heterocycles. The Morgan fingerprint density at radius 3 is 2.74 bits per heavy atom. The fraction of sp³-hybridized carbons (Fsp3) is 0.176. The Hall–Kier alpha value is -2.44. The Morgan fingerprint density at radius 2 is 1.96 bits per heavy atom. The van der Waals surface area contributed by atoms with Crippen LogP contribution in [0.3, 0.4) is 0 Å². The quantitative estimate of drug-likeness (QED) is 0.725. The third-order valence-corrected chi connectivity index (χ3v) is 4.14. The lowest BCUT2D eigenvalue weighted by molar-refractivity contribution is 0.398. The highest BCUT2D eigenvalue weighted by molar-refractivity contribution is 7.13. The van der Waals surface area contributed by atoms with Gasteiger partial charge in [0.15, 0.2) is 5.13 Å². The number of benzene rings is 1. The van der Waals surface area contributed by atoms with Crippen molar-refractivity contribution in [3.05, 3.63) is 65.2 Å². The second-order valence-corrected chi connectivity index (χ2v) is 5.92. The van der Waals surface area contributed by atoms with Gasteiger partial charge in [-0.25, -0.2) is 4.98 Å². The minimum absolute atomic E-state index is 0.123. The average Bonchev–Trinajstić information content (AvgIpc) is 3.04. The molecule has 3 rings (SSSR count). The largest absolute Gasteiger partial charge is 0.481 e. The van der Waals surface area contributed by atoms with Crippen LogP contribution in [-0.4, -0.2) is 17.1 Å². The van der Waals surface area contributed by atoms with Crippen molar-refractivity contribution in [1.82, 2.24) is 9.97 Å². The van der Waals surface area contributed by atoms with Gasteiger partial charge in [-0.1, -0.05) is 36.4 Å². The summed E-state index contributed by atoms with van der Waals surface area (Å²) in [7, 11) is 1.59. The van der Waals surface area contributed by atoms with Crippen LogP contribution in [0.15, 0.2) is 53.9 Å². The van der Waals surface area contributed by atoms with E-state index in [4.69, 9.17) is 10.5 Å². The summed E-state index contributed by atoms with van der Waals surface area (Å²) in [5.41, 5.74) is 8.34. The number of methoxy groups -OCH3 is 1. The molecule has 0 radical (unpaired) electrons. The number of nitrogens with one attached hydrogen (secondary N) is 1. The number of thiazole rings is 1. The maximum Gasteiger partial charge on any atom is 0.214 e. The van der Waals surface area contributed by atoms with Gasteiger partial charge in [0.25, 0.3) is 0 Å². The minimum Gasteiger partial charge on any atom is -0.481 e. The van der Waals surface area contributed by atoms with Crippen molar-refractivity contribution in [3.63, 3.8) is 0 Å². The Morgan fingerprint density at radius 1 is 1.13 bits per heavy atom. The molecule has 23 heavy (non-hydrogen) atoms. The number of nitrogens with zero attached hydrogens (tertiary/aromatic N) is 2. The van der Waals surface area contributed by atoms with Crippen molar-refractivity contribution < 1.29 is 4.74 Å². The predicted molar refractivity (Wildman–Crippen MR) is 93.3 cm³/mol. The fourth-order valence-corrected chi connectivity index (χ4v) is 2.98. The summed E-state index contributed by atoms with van der Waals surface area (Å²) in [6, 6.07) is 15.6. The minimum atomic E-state index is -0.123. The molecule has 0 bridgehead atoms. The van der Waals surface area contributed by atoms with Gasteiger partial charge in [0.05, 0.1) is 18.8 Å². The highest BCUT2D eigenvalue weighted by atomic mass is 32.1. The highest BCUT2D eigenvalue weighted by Gasteiger charge is 2.12. The van der Waals surface area contributed by atoms with E-state index >= 15 is 0 Å². The van der Waals surface area contributed by atoms with Gasteiger partial charge in [0.1, 0.15) is 5.82 Å². The van der Waals surface area contributed by atoms with Gasteiger partial charge in [0.2, 0.25) is 5.88 Å². The molecule has 3 aromatic rings. The Labute approximate surface area is 139 Å². The number of nitrogens with two attached hydrogens (primary N) is 1. The third-order valence-electron chi connectivity index (χ3n) is 3.37. The Bertz CT molecular complexity index is 760. The van der Waals surface area contributed by atoms with E-state index in [0.29, 0.717) is 11.7 Å². The molecule has 0 aliphatic carbocycles. The molecule has 0 spiro atoms. The normalized spacial score (nSPS) is 11.9. The van der Waals surface area contributed by atoms with Gasteiger partial charge in [-0.15, -0.1) is 11.3 Å². The number of aromatic nitrogens is 2. The number of anilines is 2. The highest BCUT2D eigenvalue weighted by Crippen LogP contribution is 2.24. The van der Waals surface area contributed by atoms with Crippen molar-refractivity contribution in [3.8, 4) is 5.88 Å². The molecule has 0 fully saturated rings.